The van der Waals surface area contributed by atoms with Crippen molar-refractivity contribution in [3.63, 3.8) is 0 Å². The molecule has 6 heteroatoms. The molecule has 1 amide bonds. The highest BCUT2D eigenvalue weighted by Gasteiger charge is 2.32. The largest absolute Gasteiger partial charge is 0.361 e. The fourth-order valence-electron chi connectivity index (χ4n) is 1.98. The Bertz CT molecular complexity index is 287. The van der Waals surface area contributed by atoms with Gasteiger partial charge < -0.3 is 4.74 Å². The predicted octanol–water partition coefficient (Wildman–Crippen LogP) is -0.775. The lowest BCUT2D eigenvalue weighted by Crippen LogP contribution is -2.56. The van der Waals surface area contributed by atoms with E-state index in [0.29, 0.717) is 19.7 Å². The summed E-state index contributed by atoms with van der Waals surface area (Å²) >= 11 is 0. The number of morpholine rings is 1. The van der Waals surface area contributed by atoms with Gasteiger partial charge in [0.15, 0.2) is 6.10 Å². The van der Waals surface area contributed by atoms with Crippen LogP contribution in [0, 0.1) is 17.2 Å². The zero-order valence-corrected chi connectivity index (χ0v) is 9.64. The van der Waals surface area contributed by atoms with E-state index >= 15 is 0 Å². The molecule has 1 rings (SSSR count). The second kappa shape index (κ2) is 5.80. The van der Waals surface area contributed by atoms with Gasteiger partial charge in [-0.05, 0) is 5.92 Å². The van der Waals surface area contributed by atoms with Crippen molar-refractivity contribution < 1.29 is 9.53 Å². The van der Waals surface area contributed by atoms with Gasteiger partial charge in [0.1, 0.15) is 0 Å². The Morgan fingerprint density at radius 1 is 1.69 bits per heavy atom. The Morgan fingerprint density at radius 3 is 2.88 bits per heavy atom. The third-order valence-corrected chi connectivity index (χ3v) is 2.68. The Hall–Kier alpha value is -1.16. The van der Waals surface area contributed by atoms with Gasteiger partial charge in [0.2, 0.25) is 0 Å². The van der Waals surface area contributed by atoms with E-state index in [9.17, 15) is 4.79 Å². The van der Waals surface area contributed by atoms with Crippen LogP contribution in [0.3, 0.4) is 0 Å². The van der Waals surface area contributed by atoms with E-state index in [4.69, 9.17) is 15.8 Å². The molecule has 1 aliphatic heterocycles. The number of carbonyl (C=O) groups is 1. The summed E-state index contributed by atoms with van der Waals surface area (Å²) in [5.74, 6) is 5.09. The van der Waals surface area contributed by atoms with Crippen LogP contribution in [0.4, 0.5) is 0 Å². The molecule has 0 spiro atoms. The summed E-state index contributed by atoms with van der Waals surface area (Å²) in [6.45, 7) is 5.48. The lowest BCUT2D eigenvalue weighted by molar-refractivity contribution is -0.131. The zero-order valence-electron chi connectivity index (χ0n) is 9.64. The number of carbonyl (C=O) groups excluding carboxylic acids is 1. The quantitative estimate of drug-likeness (QED) is 0.374. The maximum atomic E-state index is 11.6. The monoisotopic (exact) mass is 226 g/mol. The third-order valence-electron chi connectivity index (χ3n) is 2.68. The fraction of sp³-hybridized carbons (Fsp3) is 0.800. The number of nitrogens with one attached hydrogen (secondary N) is 1. The molecule has 0 aromatic rings. The van der Waals surface area contributed by atoms with Gasteiger partial charge in [-0.25, -0.2) is 5.84 Å². The number of rotatable bonds is 3. The van der Waals surface area contributed by atoms with E-state index in [1.165, 1.54) is 0 Å². The first-order valence-corrected chi connectivity index (χ1v) is 5.36. The Labute approximate surface area is 95.3 Å². The maximum Gasteiger partial charge on any atom is 0.251 e. The number of ether oxygens (including phenoxy) is 1. The number of nitrogens with zero attached hydrogens (tertiary/aromatic N) is 2. The van der Waals surface area contributed by atoms with Crippen molar-refractivity contribution in [1.29, 1.82) is 5.26 Å². The van der Waals surface area contributed by atoms with Crippen LogP contribution in [0.2, 0.25) is 0 Å². The van der Waals surface area contributed by atoms with Gasteiger partial charge in [-0.3, -0.25) is 15.1 Å². The summed E-state index contributed by atoms with van der Waals surface area (Å²) in [5, 5.41) is 8.80. The molecule has 90 valence electrons. The molecule has 0 aromatic carbocycles. The lowest BCUT2D eigenvalue weighted by atomic mass is 10.0. The van der Waals surface area contributed by atoms with Gasteiger partial charge in [-0.15, -0.1) is 0 Å². The molecule has 6 nitrogen and oxygen atoms in total. The first-order valence-electron chi connectivity index (χ1n) is 5.36. The number of hydrogen-bond acceptors (Lipinski definition) is 5. The SMILES string of the molecule is CC(C)C(C(=O)NN)N1CCOC(C#N)C1. The van der Waals surface area contributed by atoms with Crippen LogP contribution in [0.1, 0.15) is 13.8 Å². The van der Waals surface area contributed by atoms with Gasteiger partial charge in [0.25, 0.3) is 5.91 Å². The van der Waals surface area contributed by atoms with Crippen LogP contribution in [-0.2, 0) is 9.53 Å². The standard InChI is InChI=1S/C10H18N4O2/c1-7(2)9(10(15)13-12)14-3-4-16-8(5-11)6-14/h7-9H,3-4,6,12H2,1-2H3,(H,13,15). The molecule has 0 aliphatic carbocycles. The molecule has 2 unspecified atom stereocenters. The second-order valence-electron chi connectivity index (χ2n) is 4.18. The highest BCUT2D eigenvalue weighted by Crippen LogP contribution is 2.15. The predicted molar refractivity (Wildman–Crippen MR) is 57.9 cm³/mol. The van der Waals surface area contributed by atoms with Crippen molar-refractivity contribution in [3.8, 4) is 6.07 Å². The lowest BCUT2D eigenvalue weighted by Gasteiger charge is -2.36. The molecule has 1 heterocycles. The smallest absolute Gasteiger partial charge is 0.251 e. The van der Waals surface area contributed by atoms with E-state index in [1.807, 2.05) is 18.7 Å². The Balaban J connectivity index is 2.71. The minimum atomic E-state index is -0.458. The Kier molecular flexibility index (Phi) is 4.68. The van der Waals surface area contributed by atoms with Crippen molar-refractivity contribution in [2.24, 2.45) is 11.8 Å². The van der Waals surface area contributed by atoms with Crippen molar-refractivity contribution in [2.75, 3.05) is 19.7 Å². The third kappa shape index (κ3) is 2.92. The van der Waals surface area contributed by atoms with Crippen molar-refractivity contribution in [1.82, 2.24) is 10.3 Å². The van der Waals surface area contributed by atoms with Crippen molar-refractivity contribution >= 4 is 5.91 Å². The van der Waals surface area contributed by atoms with E-state index in [-0.39, 0.29) is 17.9 Å². The van der Waals surface area contributed by atoms with E-state index < -0.39 is 6.10 Å². The van der Waals surface area contributed by atoms with Gasteiger partial charge >= 0.3 is 0 Å². The number of nitrogens with two attached hydrogens (primary N) is 1. The molecule has 16 heavy (non-hydrogen) atoms. The first-order chi connectivity index (χ1) is 7.60. The number of hydrogen-bond donors (Lipinski definition) is 2. The van der Waals surface area contributed by atoms with E-state index in [1.54, 1.807) is 0 Å². The summed E-state index contributed by atoms with van der Waals surface area (Å²) < 4.78 is 5.23. The summed E-state index contributed by atoms with van der Waals surface area (Å²) in [7, 11) is 0. The topological polar surface area (TPSA) is 91.4 Å². The normalized spacial score (nSPS) is 23.8. The zero-order chi connectivity index (χ0) is 12.1. The summed E-state index contributed by atoms with van der Waals surface area (Å²) in [5.41, 5.74) is 2.17. The molecular formula is C10H18N4O2. The van der Waals surface area contributed by atoms with Gasteiger partial charge in [-0.2, -0.15) is 5.26 Å². The average molecular weight is 226 g/mol. The van der Waals surface area contributed by atoms with Gasteiger partial charge in [0, 0.05) is 13.1 Å². The molecule has 0 aromatic heterocycles. The van der Waals surface area contributed by atoms with Crippen LogP contribution >= 0.6 is 0 Å². The average Bonchev–Trinajstić information content (AvgIpc) is 2.29. The van der Waals surface area contributed by atoms with Crippen LogP contribution in [0.25, 0.3) is 0 Å². The maximum absolute atomic E-state index is 11.6. The summed E-state index contributed by atoms with van der Waals surface area (Å²) in [6.07, 6.45) is -0.458. The molecular weight excluding hydrogens is 208 g/mol. The Morgan fingerprint density at radius 2 is 2.38 bits per heavy atom. The van der Waals surface area contributed by atoms with Crippen LogP contribution in [-0.4, -0.2) is 42.6 Å². The fourth-order valence-corrected chi connectivity index (χ4v) is 1.98. The van der Waals surface area contributed by atoms with Crippen molar-refractivity contribution in [3.05, 3.63) is 0 Å². The van der Waals surface area contributed by atoms with Gasteiger partial charge in [0.05, 0.1) is 18.7 Å². The first kappa shape index (κ1) is 12.9. The summed E-state index contributed by atoms with van der Waals surface area (Å²) in [6, 6.07) is 1.76. The molecule has 0 bridgehead atoms. The molecule has 0 radical (unpaired) electrons. The minimum absolute atomic E-state index is 0.140. The summed E-state index contributed by atoms with van der Waals surface area (Å²) in [4.78, 5) is 13.6. The number of amides is 1. The molecule has 3 N–H and O–H groups in total. The highest BCUT2D eigenvalue weighted by molar-refractivity contribution is 5.81. The van der Waals surface area contributed by atoms with Gasteiger partial charge in [-0.1, -0.05) is 13.8 Å². The molecule has 2 atom stereocenters. The number of nitriles is 1. The molecule has 1 saturated heterocycles. The van der Waals surface area contributed by atoms with Crippen LogP contribution < -0.4 is 11.3 Å². The number of hydrazine groups is 1. The van der Waals surface area contributed by atoms with Crippen LogP contribution in [0.5, 0.6) is 0 Å². The molecule has 1 fully saturated rings. The second-order valence-corrected chi connectivity index (χ2v) is 4.18. The van der Waals surface area contributed by atoms with Crippen molar-refractivity contribution in [2.45, 2.75) is 26.0 Å². The van der Waals surface area contributed by atoms with E-state index in [2.05, 4.69) is 11.5 Å². The molecule has 0 saturated carbocycles. The minimum Gasteiger partial charge on any atom is -0.361 e. The van der Waals surface area contributed by atoms with Crippen LogP contribution in [0.15, 0.2) is 0 Å². The molecule has 1 aliphatic rings. The highest BCUT2D eigenvalue weighted by atomic mass is 16.5. The van der Waals surface area contributed by atoms with E-state index in [0.717, 1.165) is 0 Å².